The maximum atomic E-state index is 13.4. The summed E-state index contributed by atoms with van der Waals surface area (Å²) >= 11 is 1.66. The van der Waals surface area contributed by atoms with Gasteiger partial charge in [0.05, 0.1) is 0 Å². The molecular weight excluding hydrogens is 221 g/mol. The molecule has 0 fully saturated rings. The minimum Gasteiger partial charge on any atom is -0.354 e. The molecule has 0 aliphatic rings. The summed E-state index contributed by atoms with van der Waals surface area (Å²) in [6, 6.07) is 7.54. The number of aromatic amines is 1. The molecule has 2 heterocycles. The van der Waals surface area contributed by atoms with Crippen LogP contribution in [0.3, 0.4) is 0 Å². The third-order valence-electron chi connectivity index (χ3n) is 2.73. The van der Waals surface area contributed by atoms with Gasteiger partial charge in [-0.2, -0.15) is 11.3 Å². The maximum absolute atomic E-state index is 13.4. The molecule has 2 aromatic heterocycles. The monoisotopic (exact) mass is 231 g/mol. The average Bonchev–Trinajstić information content (AvgIpc) is 2.86. The van der Waals surface area contributed by atoms with Crippen LogP contribution in [0.4, 0.5) is 4.39 Å². The highest BCUT2D eigenvalue weighted by Crippen LogP contribution is 2.27. The lowest BCUT2D eigenvalue weighted by Crippen LogP contribution is -1.80. The molecule has 80 valence electrons. The Morgan fingerprint density at radius 1 is 1.25 bits per heavy atom. The van der Waals surface area contributed by atoms with Gasteiger partial charge in [-0.1, -0.05) is 0 Å². The van der Waals surface area contributed by atoms with E-state index >= 15 is 0 Å². The van der Waals surface area contributed by atoms with Crippen molar-refractivity contribution in [2.45, 2.75) is 6.92 Å². The Morgan fingerprint density at radius 2 is 2.12 bits per heavy atom. The molecular formula is C13H10FNS. The fourth-order valence-corrected chi connectivity index (χ4v) is 2.50. The van der Waals surface area contributed by atoms with Crippen LogP contribution in [0.15, 0.2) is 35.0 Å². The summed E-state index contributed by atoms with van der Waals surface area (Å²) in [4.78, 5) is 3.23. The maximum Gasteiger partial charge on any atom is 0.128 e. The molecule has 1 nitrogen and oxygen atoms in total. The van der Waals surface area contributed by atoms with E-state index in [4.69, 9.17) is 0 Å². The summed E-state index contributed by atoms with van der Waals surface area (Å²) < 4.78 is 13.4. The van der Waals surface area contributed by atoms with Crippen molar-refractivity contribution in [1.29, 1.82) is 0 Å². The normalized spacial score (nSPS) is 11.1. The highest BCUT2D eigenvalue weighted by Gasteiger charge is 2.06. The van der Waals surface area contributed by atoms with Gasteiger partial charge in [0.15, 0.2) is 0 Å². The Balaban J connectivity index is 2.23. The molecule has 0 unspecified atom stereocenters. The predicted molar refractivity (Wildman–Crippen MR) is 66.3 cm³/mol. The molecule has 16 heavy (non-hydrogen) atoms. The first-order chi connectivity index (χ1) is 7.74. The second-order valence-corrected chi connectivity index (χ2v) is 4.66. The van der Waals surface area contributed by atoms with Crippen LogP contribution in [0.1, 0.15) is 5.56 Å². The van der Waals surface area contributed by atoms with Gasteiger partial charge in [0.25, 0.3) is 0 Å². The molecule has 3 rings (SSSR count). The molecule has 0 aliphatic carbocycles. The second-order valence-electron chi connectivity index (χ2n) is 3.88. The number of benzene rings is 1. The number of hydrogen-bond donors (Lipinski definition) is 1. The molecule has 1 aromatic carbocycles. The highest BCUT2D eigenvalue weighted by atomic mass is 32.1. The van der Waals surface area contributed by atoms with E-state index in [0.717, 1.165) is 22.2 Å². The van der Waals surface area contributed by atoms with E-state index in [1.165, 1.54) is 0 Å². The van der Waals surface area contributed by atoms with E-state index in [0.29, 0.717) is 5.56 Å². The van der Waals surface area contributed by atoms with E-state index in [1.54, 1.807) is 24.3 Å². The Hall–Kier alpha value is -1.61. The van der Waals surface area contributed by atoms with Crippen molar-refractivity contribution in [2.75, 3.05) is 0 Å². The standard InChI is InChI=1S/C13H10FNS/c1-8-4-10-5-12(9-2-3-16-7-9)15-13(10)6-11(8)14/h2-7,15H,1H3. The van der Waals surface area contributed by atoms with Gasteiger partial charge in [0.1, 0.15) is 5.82 Å². The lowest BCUT2D eigenvalue weighted by atomic mass is 10.1. The number of halogens is 1. The van der Waals surface area contributed by atoms with Crippen LogP contribution in [0.2, 0.25) is 0 Å². The van der Waals surface area contributed by atoms with Crippen LogP contribution in [0.5, 0.6) is 0 Å². The molecule has 0 atom stereocenters. The summed E-state index contributed by atoms with van der Waals surface area (Å²) in [6.07, 6.45) is 0. The molecule has 0 aliphatic heterocycles. The average molecular weight is 231 g/mol. The van der Waals surface area contributed by atoms with Gasteiger partial charge in [-0.05, 0) is 42.1 Å². The number of aromatic nitrogens is 1. The van der Waals surface area contributed by atoms with Crippen LogP contribution in [0, 0.1) is 12.7 Å². The zero-order valence-electron chi connectivity index (χ0n) is 8.75. The van der Waals surface area contributed by atoms with Crippen molar-refractivity contribution in [3.8, 4) is 11.3 Å². The molecule has 1 N–H and O–H groups in total. The third kappa shape index (κ3) is 1.44. The largest absolute Gasteiger partial charge is 0.354 e. The van der Waals surface area contributed by atoms with E-state index in [2.05, 4.69) is 22.5 Å². The van der Waals surface area contributed by atoms with Crippen LogP contribution < -0.4 is 0 Å². The number of aryl methyl sites for hydroxylation is 1. The topological polar surface area (TPSA) is 15.8 Å². The molecule has 0 bridgehead atoms. The van der Waals surface area contributed by atoms with Crippen LogP contribution in [0.25, 0.3) is 22.2 Å². The number of nitrogens with one attached hydrogen (secondary N) is 1. The van der Waals surface area contributed by atoms with Crippen LogP contribution in [-0.2, 0) is 0 Å². The van der Waals surface area contributed by atoms with Crippen molar-refractivity contribution < 1.29 is 4.39 Å². The first kappa shape index (κ1) is 9.60. The smallest absolute Gasteiger partial charge is 0.128 e. The van der Waals surface area contributed by atoms with Crippen molar-refractivity contribution in [3.05, 3.63) is 46.4 Å². The summed E-state index contributed by atoms with van der Waals surface area (Å²) in [5, 5.41) is 5.17. The second kappa shape index (κ2) is 3.46. The van der Waals surface area contributed by atoms with Gasteiger partial charge in [-0.25, -0.2) is 4.39 Å². The van der Waals surface area contributed by atoms with E-state index in [-0.39, 0.29) is 5.82 Å². The van der Waals surface area contributed by atoms with Gasteiger partial charge >= 0.3 is 0 Å². The van der Waals surface area contributed by atoms with Gasteiger partial charge in [-0.3, -0.25) is 0 Å². The number of fused-ring (bicyclic) bond motifs is 1. The number of rotatable bonds is 1. The number of thiophene rings is 1. The Kier molecular flexibility index (Phi) is 2.07. The first-order valence-electron chi connectivity index (χ1n) is 5.05. The molecule has 3 aromatic rings. The Bertz CT molecular complexity index is 598. The Labute approximate surface area is 96.6 Å². The molecule has 0 radical (unpaired) electrons. The van der Waals surface area contributed by atoms with Gasteiger partial charge in [0.2, 0.25) is 0 Å². The molecule has 3 heteroatoms. The first-order valence-corrected chi connectivity index (χ1v) is 6.00. The van der Waals surface area contributed by atoms with E-state index < -0.39 is 0 Å². The summed E-state index contributed by atoms with van der Waals surface area (Å²) in [5.74, 6) is -0.161. The summed E-state index contributed by atoms with van der Waals surface area (Å²) in [7, 11) is 0. The Morgan fingerprint density at radius 3 is 2.88 bits per heavy atom. The number of hydrogen-bond acceptors (Lipinski definition) is 1. The van der Waals surface area contributed by atoms with Gasteiger partial charge < -0.3 is 4.98 Å². The molecule has 0 amide bonds. The SMILES string of the molecule is Cc1cc2cc(-c3ccsc3)[nH]c2cc1F. The lowest BCUT2D eigenvalue weighted by Gasteiger charge is -1.95. The van der Waals surface area contributed by atoms with Crippen molar-refractivity contribution in [2.24, 2.45) is 0 Å². The minimum atomic E-state index is -0.161. The zero-order valence-corrected chi connectivity index (χ0v) is 9.57. The fraction of sp³-hybridized carbons (Fsp3) is 0.0769. The summed E-state index contributed by atoms with van der Waals surface area (Å²) in [6.45, 7) is 1.78. The number of H-pyrrole nitrogens is 1. The third-order valence-corrected chi connectivity index (χ3v) is 3.42. The predicted octanol–water partition coefficient (Wildman–Crippen LogP) is 4.34. The van der Waals surface area contributed by atoms with Gasteiger partial charge in [0, 0.05) is 27.5 Å². The molecule has 0 saturated carbocycles. The highest BCUT2D eigenvalue weighted by molar-refractivity contribution is 7.08. The quantitative estimate of drug-likeness (QED) is 0.641. The van der Waals surface area contributed by atoms with Crippen molar-refractivity contribution in [3.63, 3.8) is 0 Å². The molecule has 0 spiro atoms. The zero-order chi connectivity index (χ0) is 11.1. The van der Waals surface area contributed by atoms with Crippen LogP contribution in [-0.4, -0.2) is 4.98 Å². The minimum absolute atomic E-state index is 0.161. The molecule has 0 saturated heterocycles. The van der Waals surface area contributed by atoms with E-state index in [1.807, 2.05) is 11.4 Å². The van der Waals surface area contributed by atoms with Crippen molar-refractivity contribution in [1.82, 2.24) is 4.98 Å². The van der Waals surface area contributed by atoms with Crippen molar-refractivity contribution >= 4 is 22.2 Å². The van der Waals surface area contributed by atoms with Gasteiger partial charge in [-0.15, -0.1) is 0 Å². The summed E-state index contributed by atoms with van der Waals surface area (Å²) in [5.41, 5.74) is 3.73. The lowest BCUT2D eigenvalue weighted by molar-refractivity contribution is 0.620. The van der Waals surface area contributed by atoms with E-state index in [9.17, 15) is 4.39 Å². The van der Waals surface area contributed by atoms with Crippen LogP contribution >= 0.6 is 11.3 Å². The fourth-order valence-electron chi connectivity index (χ4n) is 1.84.